The smallest absolute Gasteiger partial charge is 0.231 e. The minimum absolute atomic E-state index is 0.563. The normalized spacial score (nSPS) is 11.5. The van der Waals surface area contributed by atoms with Crippen molar-refractivity contribution in [2.45, 2.75) is 0 Å². The summed E-state index contributed by atoms with van der Waals surface area (Å²) in [7, 11) is 0. The van der Waals surface area contributed by atoms with Gasteiger partial charge in [0.25, 0.3) is 0 Å². The van der Waals surface area contributed by atoms with Gasteiger partial charge < -0.3 is 8.83 Å². The van der Waals surface area contributed by atoms with Crippen molar-refractivity contribution in [2.24, 2.45) is 0 Å². The third-order valence-corrected chi connectivity index (χ3v) is 6.35. The minimum atomic E-state index is 0.563. The van der Waals surface area contributed by atoms with Crippen molar-refractivity contribution in [3.8, 4) is 33.7 Å². The molecular formula is C31H19NO2. The number of hydrogen-bond donors (Lipinski definition) is 0. The lowest BCUT2D eigenvalue weighted by Gasteiger charge is -2.05. The van der Waals surface area contributed by atoms with Crippen LogP contribution in [0.1, 0.15) is 0 Å². The molecule has 0 aliphatic heterocycles. The monoisotopic (exact) mass is 437 g/mol. The number of hydrogen-bond acceptors (Lipinski definition) is 3. The molecule has 34 heavy (non-hydrogen) atoms. The largest absolute Gasteiger partial charge is 0.455 e. The molecule has 0 aliphatic carbocycles. The summed E-state index contributed by atoms with van der Waals surface area (Å²) in [4.78, 5) is 4.83. The van der Waals surface area contributed by atoms with Crippen LogP contribution in [0.3, 0.4) is 0 Å². The van der Waals surface area contributed by atoms with Gasteiger partial charge in [-0.05, 0) is 34.9 Å². The van der Waals surface area contributed by atoms with Gasteiger partial charge in [0.1, 0.15) is 16.7 Å². The number of furan rings is 1. The maximum atomic E-state index is 6.39. The molecule has 0 unspecified atom stereocenters. The number of para-hydroxylation sites is 3. The van der Waals surface area contributed by atoms with Crippen molar-refractivity contribution in [1.29, 1.82) is 0 Å². The summed E-state index contributed by atoms with van der Waals surface area (Å²) in [6.07, 6.45) is 0. The Morgan fingerprint density at radius 2 is 1.12 bits per heavy atom. The van der Waals surface area contributed by atoms with Crippen molar-refractivity contribution in [1.82, 2.24) is 4.98 Å². The Balaban J connectivity index is 1.36. The third kappa shape index (κ3) is 2.95. The second-order valence-corrected chi connectivity index (χ2v) is 8.40. The Morgan fingerprint density at radius 1 is 0.441 bits per heavy atom. The number of benzene rings is 5. The Hall–Kier alpha value is -4.63. The summed E-state index contributed by atoms with van der Waals surface area (Å²) in [6.45, 7) is 0. The lowest BCUT2D eigenvalue weighted by molar-refractivity contribution is 0.616. The predicted molar refractivity (Wildman–Crippen MR) is 138 cm³/mol. The SMILES string of the molecule is c1ccc(-c2ccc(-c3cccc4nc(-c5cccc6c5oc5ccccc56)oc34)cc2)cc1. The summed E-state index contributed by atoms with van der Waals surface area (Å²) < 4.78 is 12.6. The topological polar surface area (TPSA) is 39.2 Å². The van der Waals surface area contributed by atoms with E-state index in [2.05, 4.69) is 66.7 Å². The van der Waals surface area contributed by atoms with Crippen LogP contribution in [0.5, 0.6) is 0 Å². The van der Waals surface area contributed by atoms with Crippen LogP contribution in [0, 0.1) is 0 Å². The van der Waals surface area contributed by atoms with Crippen molar-refractivity contribution in [3.05, 3.63) is 115 Å². The molecule has 0 bridgehead atoms. The molecule has 3 heteroatoms. The van der Waals surface area contributed by atoms with E-state index in [9.17, 15) is 0 Å². The first kappa shape index (κ1) is 18.9. The Bertz CT molecular complexity index is 1790. The van der Waals surface area contributed by atoms with Crippen LogP contribution in [0.25, 0.3) is 66.7 Å². The molecule has 2 aromatic heterocycles. The molecule has 7 rings (SSSR count). The van der Waals surface area contributed by atoms with Crippen molar-refractivity contribution in [3.63, 3.8) is 0 Å². The zero-order valence-corrected chi connectivity index (χ0v) is 18.2. The quantitative estimate of drug-likeness (QED) is 0.277. The first-order valence-corrected chi connectivity index (χ1v) is 11.3. The van der Waals surface area contributed by atoms with E-state index in [4.69, 9.17) is 13.8 Å². The Kier molecular flexibility index (Phi) is 4.15. The zero-order valence-electron chi connectivity index (χ0n) is 18.2. The highest BCUT2D eigenvalue weighted by Gasteiger charge is 2.18. The van der Waals surface area contributed by atoms with Crippen molar-refractivity contribution < 1.29 is 8.83 Å². The van der Waals surface area contributed by atoms with E-state index in [0.717, 1.165) is 49.7 Å². The first-order chi connectivity index (χ1) is 16.8. The van der Waals surface area contributed by atoms with Gasteiger partial charge in [-0.1, -0.05) is 97.1 Å². The highest BCUT2D eigenvalue weighted by atomic mass is 16.4. The first-order valence-electron chi connectivity index (χ1n) is 11.3. The van der Waals surface area contributed by atoms with Crippen LogP contribution >= 0.6 is 0 Å². The van der Waals surface area contributed by atoms with Gasteiger partial charge in [-0.15, -0.1) is 0 Å². The van der Waals surface area contributed by atoms with Crippen LogP contribution < -0.4 is 0 Å². The molecule has 0 atom stereocenters. The van der Waals surface area contributed by atoms with E-state index in [1.165, 1.54) is 11.1 Å². The van der Waals surface area contributed by atoms with Crippen LogP contribution in [-0.4, -0.2) is 4.98 Å². The summed E-state index contributed by atoms with van der Waals surface area (Å²) in [5.41, 5.74) is 8.62. The Morgan fingerprint density at radius 3 is 2.00 bits per heavy atom. The summed E-state index contributed by atoms with van der Waals surface area (Å²) in [5.74, 6) is 0.563. The minimum Gasteiger partial charge on any atom is -0.455 e. The lowest BCUT2D eigenvalue weighted by Crippen LogP contribution is -1.81. The molecule has 160 valence electrons. The third-order valence-electron chi connectivity index (χ3n) is 6.35. The highest BCUT2D eigenvalue weighted by Crippen LogP contribution is 2.38. The molecule has 0 amide bonds. The zero-order chi connectivity index (χ0) is 22.5. The average molecular weight is 437 g/mol. The standard InChI is InChI=1S/C31H19NO2/c1-2-8-20(9-3-1)21-16-18-22(19-17-21)23-11-7-14-27-30(23)34-31(32-27)26-13-6-12-25-24-10-4-5-15-28(24)33-29(25)26/h1-19H. The van der Waals surface area contributed by atoms with Crippen molar-refractivity contribution in [2.75, 3.05) is 0 Å². The molecule has 0 spiro atoms. The Labute approximate surface area is 195 Å². The van der Waals surface area contributed by atoms with Gasteiger partial charge in [0.2, 0.25) is 5.89 Å². The summed E-state index contributed by atoms with van der Waals surface area (Å²) in [6, 6.07) is 39.2. The van der Waals surface area contributed by atoms with Gasteiger partial charge >= 0.3 is 0 Å². The molecule has 7 aromatic rings. The fourth-order valence-corrected chi connectivity index (χ4v) is 4.68. The lowest BCUT2D eigenvalue weighted by atomic mass is 10.00. The van der Waals surface area contributed by atoms with Gasteiger partial charge in [0, 0.05) is 16.3 Å². The van der Waals surface area contributed by atoms with Crippen LogP contribution in [0.2, 0.25) is 0 Å². The number of oxazole rings is 1. The fraction of sp³-hybridized carbons (Fsp3) is 0. The van der Waals surface area contributed by atoms with E-state index < -0.39 is 0 Å². The molecule has 5 aromatic carbocycles. The summed E-state index contributed by atoms with van der Waals surface area (Å²) >= 11 is 0. The number of aromatic nitrogens is 1. The highest BCUT2D eigenvalue weighted by molar-refractivity contribution is 6.09. The number of fused-ring (bicyclic) bond motifs is 4. The molecule has 0 fully saturated rings. The van der Waals surface area contributed by atoms with Crippen LogP contribution in [0.15, 0.2) is 124 Å². The van der Waals surface area contributed by atoms with E-state index >= 15 is 0 Å². The van der Waals surface area contributed by atoms with Crippen LogP contribution in [0.4, 0.5) is 0 Å². The maximum absolute atomic E-state index is 6.39. The van der Waals surface area contributed by atoms with Crippen LogP contribution in [-0.2, 0) is 0 Å². The summed E-state index contributed by atoms with van der Waals surface area (Å²) in [5, 5.41) is 2.15. The molecule has 0 saturated carbocycles. The fourth-order valence-electron chi connectivity index (χ4n) is 4.68. The van der Waals surface area contributed by atoms with Crippen molar-refractivity contribution >= 4 is 33.0 Å². The van der Waals surface area contributed by atoms with E-state index in [1.807, 2.05) is 48.5 Å². The van der Waals surface area contributed by atoms with Gasteiger partial charge in [-0.3, -0.25) is 0 Å². The molecule has 2 heterocycles. The molecule has 0 saturated heterocycles. The number of rotatable bonds is 3. The second kappa shape index (κ2) is 7.46. The molecule has 0 radical (unpaired) electrons. The predicted octanol–water partition coefficient (Wildman–Crippen LogP) is 8.73. The van der Waals surface area contributed by atoms with E-state index in [1.54, 1.807) is 0 Å². The molecule has 0 aliphatic rings. The van der Waals surface area contributed by atoms with Gasteiger partial charge in [-0.25, -0.2) is 4.98 Å². The van der Waals surface area contributed by atoms with Gasteiger partial charge in [-0.2, -0.15) is 0 Å². The average Bonchev–Trinajstić information content (AvgIpc) is 3.51. The maximum Gasteiger partial charge on any atom is 0.231 e. The molecular weight excluding hydrogens is 418 g/mol. The number of nitrogens with zero attached hydrogens (tertiary/aromatic N) is 1. The molecule has 0 N–H and O–H groups in total. The van der Waals surface area contributed by atoms with E-state index in [0.29, 0.717) is 5.89 Å². The van der Waals surface area contributed by atoms with E-state index in [-0.39, 0.29) is 0 Å². The van der Waals surface area contributed by atoms with Gasteiger partial charge in [0.15, 0.2) is 5.58 Å². The molecule has 3 nitrogen and oxygen atoms in total. The van der Waals surface area contributed by atoms with Gasteiger partial charge in [0.05, 0.1) is 5.56 Å². The second-order valence-electron chi connectivity index (χ2n) is 8.40.